The summed E-state index contributed by atoms with van der Waals surface area (Å²) in [6.45, 7) is 2.94. The molecule has 106 valence electrons. The molecule has 2 heterocycles. The van der Waals surface area contributed by atoms with Crippen molar-refractivity contribution in [3.05, 3.63) is 36.0 Å². The lowest BCUT2D eigenvalue weighted by molar-refractivity contribution is 0.263. The van der Waals surface area contributed by atoms with Crippen LogP contribution in [-0.4, -0.2) is 53.1 Å². The number of pyridine rings is 1. The summed E-state index contributed by atoms with van der Waals surface area (Å²) < 4.78 is 0. The predicted octanol–water partition coefficient (Wildman–Crippen LogP) is 2.08. The second-order valence-electron chi connectivity index (χ2n) is 5.79. The maximum Gasteiger partial charge on any atom is 0.146 e. The molecule has 1 aromatic carbocycles. The monoisotopic (exact) mass is 271 g/mol. The number of phenols is 1. The summed E-state index contributed by atoms with van der Waals surface area (Å²) in [6.07, 6.45) is 2.92. The van der Waals surface area contributed by atoms with E-state index in [9.17, 15) is 5.11 Å². The Morgan fingerprint density at radius 3 is 2.95 bits per heavy atom. The Morgan fingerprint density at radius 2 is 2.20 bits per heavy atom. The normalized spacial score (nSPS) is 20.1. The number of likely N-dealkylation sites (N-methyl/N-ethyl adjacent to an activating group) is 1. The number of likely N-dealkylation sites (tertiary alicyclic amines) is 1. The van der Waals surface area contributed by atoms with Crippen LogP contribution in [0.5, 0.6) is 5.75 Å². The summed E-state index contributed by atoms with van der Waals surface area (Å²) >= 11 is 0. The minimum absolute atomic E-state index is 0.330. The first kappa shape index (κ1) is 13.3. The number of nitrogens with zero attached hydrogens (tertiary/aromatic N) is 3. The maximum absolute atomic E-state index is 10.4. The molecular weight excluding hydrogens is 250 g/mol. The van der Waals surface area contributed by atoms with Gasteiger partial charge in [0, 0.05) is 42.8 Å². The highest BCUT2D eigenvalue weighted by Gasteiger charge is 2.24. The molecule has 0 aliphatic carbocycles. The Bertz CT molecular complexity index is 612. The van der Waals surface area contributed by atoms with E-state index >= 15 is 0 Å². The Morgan fingerprint density at radius 1 is 1.35 bits per heavy atom. The fraction of sp³-hybridized carbons (Fsp3) is 0.438. The van der Waals surface area contributed by atoms with Crippen molar-refractivity contribution in [2.45, 2.75) is 19.0 Å². The smallest absolute Gasteiger partial charge is 0.146 e. The summed E-state index contributed by atoms with van der Waals surface area (Å²) in [7, 11) is 4.26. The lowest BCUT2D eigenvalue weighted by Gasteiger charge is -2.20. The molecule has 0 saturated carbocycles. The molecule has 0 bridgehead atoms. The first-order valence-corrected chi connectivity index (χ1v) is 7.09. The summed E-state index contributed by atoms with van der Waals surface area (Å²) in [6, 6.07) is 8.54. The van der Waals surface area contributed by atoms with Crippen molar-refractivity contribution in [2.75, 3.05) is 27.2 Å². The molecule has 2 aromatic rings. The molecule has 4 nitrogen and oxygen atoms in total. The van der Waals surface area contributed by atoms with Gasteiger partial charge in [-0.2, -0.15) is 0 Å². The van der Waals surface area contributed by atoms with Crippen LogP contribution < -0.4 is 0 Å². The van der Waals surface area contributed by atoms with E-state index in [4.69, 9.17) is 0 Å². The lowest BCUT2D eigenvalue weighted by Crippen LogP contribution is -2.31. The van der Waals surface area contributed by atoms with E-state index in [2.05, 4.69) is 28.9 Å². The highest BCUT2D eigenvalue weighted by atomic mass is 16.3. The quantitative estimate of drug-likeness (QED) is 0.928. The van der Waals surface area contributed by atoms with Crippen LogP contribution in [0.1, 0.15) is 12.0 Å². The SMILES string of the molecule is CN(C)C1CCN(Cc2ccc3cccnc3c2O)C1. The molecule has 1 aromatic heterocycles. The van der Waals surface area contributed by atoms with Crippen molar-refractivity contribution < 1.29 is 5.11 Å². The van der Waals surface area contributed by atoms with Crippen LogP contribution in [0.15, 0.2) is 30.5 Å². The van der Waals surface area contributed by atoms with Gasteiger partial charge in [-0.15, -0.1) is 0 Å². The van der Waals surface area contributed by atoms with Crippen LogP contribution in [-0.2, 0) is 6.54 Å². The topological polar surface area (TPSA) is 39.6 Å². The summed E-state index contributed by atoms with van der Waals surface area (Å²) in [5, 5.41) is 11.4. The fourth-order valence-corrected chi connectivity index (χ4v) is 2.92. The van der Waals surface area contributed by atoms with Gasteiger partial charge < -0.3 is 10.0 Å². The maximum atomic E-state index is 10.4. The highest BCUT2D eigenvalue weighted by molar-refractivity contribution is 5.85. The average molecular weight is 271 g/mol. The molecule has 1 atom stereocenters. The number of phenolic OH excluding ortho intramolecular Hbond substituents is 1. The molecular formula is C16H21N3O. The van der Waals surface area contributed by atoms with E-state index in [1.807, 2.05) is 24.3 Å². The summed E-state index contributed by atoms with van der Waals surface area (Å²) in [5.41, 5.74) is 1.67. The minimum Gasteiger partial charge on any atom is -0.505 e. The van der Waals surface area contributed by atoms with E-state index in [0.717, 1.165) is 30.6 Å². The van der Waals surface area contributed by atoms with Gasteiger partial charge in [-0.1, -0.05) is 18.2 Å². The van der Waals surface area contributed by atoms with E-state index < -0.39 is 0 Å². The number of hydrogen-bond acceptors (Lipinski definition) is 4. The number of fused-ring (bicyclic) bond motifs is 1. The molecule has 1 fully saturated rings. The third kappa shape index (κ3) is 2.49. The van der Waals surface area contributed by atoms with Gasteiger partial charge in [-0.05, 0) is 26.6 Å². The second kappa shape index (κ2) is 5.38. The molecule has 4 heteroatoms. The largest absolute Gasteiger partial charge is 0.505 e. The van der Waals surface area contributed by atoms with Crippen molar-refractivity contribution in [1.29, 1.82) is 0 Å². The van der Waals surface area contributed by atoms with Gasteiger partial charge in [0.25, 0.3) is 0 Å². The number of rotatable bonds is 3. The molecule has 1 unspecified atom stereocenters. The number of benzene rings is 1. The highest BCUT2D eigenvalue weighted by Crippen LogP contribution is 2.28. The zero-order valence-corrected chi connectivity index (χ0v) is 12.1. The van der Waals surface area contributed by atoms with Gasteiger partial charge in [0.2, 0.25) is 0 Å². The molecule has 1 N–H and O–H groups in total. The number of aromatic hydroxyl groups is 1. The molecule has 1 saturated heterocycles. The zero-order chi connectivity index (χ0) is 14.1. The molecule has 3 rings (SSSR count). The lowest BCUT2D eigenvalue weighted by atomic mass is 10.1. The first-order chi connectivity index (χ1) is 9.65. The van der Waals surface area contributed by atoms with Gasteiger partial charge in [0.1, 0.15) is 11.3 Å². The van der Waals surface area contributed by atoms with Gasteiger partial charge in [0.05, 0.1) is 0 Å². The van der Waals surface area contributed by atoms with E-state index in [1.54, 1.807) is 6.20 Å². The van der Waals surface area contributed by atoms with Crippen LogP contribution in [0.25, 0.3) is 10.9 Å². The van der Waals surface area contributed by atoms with Crippen LogP contribution in [0.3, 0.4) is 0 Å². The third-order valence-corrected chi connectivity index (χ3v) is 4.20. The summed E-state index contributed by atoms with van der Waals surface area (Å²) in [4.78, 5) is 8.96. The van der Waals surface area contributed by atoms with Crippen LogP contribution in [0.4, 0.5) is 0 Å². The summed E-state index contributed by atoms with van der Waals surface area (Å²) in [5.74, 6) is 0.330. The van der Waals surface area contributed by atoms with Crippen molar-refractivity contribution in [1.82, 2.24) is 14.8 Å². The average Bonchev–Trinajstić information content (AvgIpc) is 2.91. The molecule has 0 spiro atoms. The standard InChI is InChI=1S/C16H21N3O/c1-18(2)14-7-9-19(11-14)10-13-6-5-12-4-3-8-17-15(12)16(13)20/h3-6,8,14,20H,7,9-11H2,1-2H3. The minimum atomic E-state index is 0.330. The molecule has 1 aliphatic heterocycles. The zero-order valence-electron chi connectivity index (χ0n) is 12.1. The van der Waals surface area contributed by atoms with Gasteiger partial charge in [-0.3, -0.25) is 9.88 Å². The second-order valence-corrected chi connectivity index (χ2v) is 5.79. The van der Waals surface area contributed by atoms with Crippen LogP contribution >= 0.6 is 0 Å². The Balaban J connectivity index is 1.80. The van der Waals surface area contributed by atoms with Crippen LogP contribution in [0.2, 0.25) is 0 Å². The third-order valence-electron chi connectivity index (χ3n) is 4.20. The van der Waals surface area contributed by atoms with Gasteiger partial charge in [-0.25, -0.2) is 0 Å². The van der Waals surface area contributed by atoms with E-state index in [0.29, 0.717) is 17.3 Å². The predicted molar refractivity (Wildman–Crippen MR) is 80.8 cm³/mol. The van der Waals surface area contributed by atoms with Crippen molar-refractivity contribution in [2.24, 2.45) is 0 Å². The van der Waals surface area contributed by atoms with Crippen molar-refractivity contribution in [3.63, 3.8) is 0 Å². The first-order valence-electron chi connectivity index (χ1n) is 7.09. The fourth-order valence-electron chi connectivity index (χ4n) is 2.92. The van der Waals surface area contributed by atoms with Gasteiger partial charge in [0.15, 0.2) is 0 Å². The molecule has 0 amide bonds. The number of hydrogen-bond donors (Lipinski definition) is 1. The van der Waals surface area contributed by atoms with Crippen molar-refractivity contribution in [3.8, 4) is 5.75 Å². The molecule has 1 aliphatic rings. The number of aromatic nitrogens is 1. The Hall–Kier alpha value is -1.65. The van der Waals surface area contributed by atoms with Crippen molar-refractivity contribution >= 4 is 10.9 Å². The Labute approximate surface area is 119 Å². The van der Waals surface area contributed by atoms with Crippen LogP contribution in [0, 0.1) is 0 Å². The van der Waals surface area contributed by atoms with E-state index in [1.165, 1.54) is 6.42 Å². The van der Waals surface area contributed by atoms with Gasteiger partial charge >= 0.3 is 0 Å². The van der Waals surface area contributed by atoms with E-state index in [-0.39, 0.29) is 0 Å². The Kier molecular flexibility index (Phi) is 3.59. The molecule has 20 heavy (non-hydrogen) atoms. The molecule has 0 radical (unpaired) electrons.